The molecule has 0 saturated carbocycles. The van der Waals surface area contributed by atoms with E-state index >= 15 is 0 Å². The van der Waals surface area contributed by atoms with Gasteiger partial charge in [0, 0.05) is 23.6 Å². The lowest BCUT2D eigenvalue weighted by molar-refractivity contribution is -0.113. The second kappa shape index (κ2) is 6.67. The molecule has 2 rings (SSSR count). The van der Waals surface area contributed by atoms with Crippen LogP contribution in [-0.4, -0.2) is 24.2 Å². The van der Waals surface area contributed by atoms with Gasteiger partial charge in [-0.1, -0.05) is 11.6 Å². The van der Waals surface area contributed by atoms with E-state index in [1.807, 2.05) is 0 Å². The summed E-state index contributed by atoms with van der Waals surface area (Å²) in [6, 6.07) is 7.19. The summed E-state index contributed by atoms with van der Waals surface area (Å²) < 4.78 is 25.0. The molecule has 0 unspecified atom stereocenters. The smallest absolute Gasteiger partial charge is 0.226 e. The topological polar surface area (TPSA) is 89.0 Å². The number of ketones is 1. The van der Waals surface area contributed by atoms with Gasteiger partial charge in [0.15, 0.2) is 5.78 Å². The Morgan fingerprint density at radius 3 is 2.32 bits per heavy atom. The van der Waals surface area contributed by atoms with E-state index in [1.165, 1.54) is 43.6 Å². The van der Waals surface area contributed by atoms with Gasteiger partial charge in [0.1, 0.15) is 4.91 Å². The Kier molecular flexibility index (Phi) is 4.89. The van der Waals surface area contributed by atoms with Crippen LogP contribution in [0, 0.1) is 0 Å². The summed E-state index contributed by atoms with van der Waals surface area (Å²) in [6.07, 6.45) is 4.07. The van der Waals surface area contributed by atoms with Gasteiger partial charge in [-0.3, -0.25) is 4.79 Å². The van der Waals surface area contributed by atoms with Gasteiger partial charge in [0.05, 0.1) is 4.90 Å². The van der Waals surface area contributed by atoms with Crippen LogP contribution in [0.25, 0.3) is 0 Å². The summed E-state index contributed by atoms with van der Waals surface area (Å²) in [5.41, 5.74) is 0. The minimum absolute atomic E-state index is 0.0193. The summed E-state index contributed by atoms with van der Waals surface area (Å²) in [6.45, 7) is 1.17. The summed E-state index contributed by atoms with van der Waals surface area (Å²) in [4.78, 5) is 19.1. The van der Waals surface area contributed by atoms with E-state index in [9.17, 15) is 13.2 Å². The van der Waals surface area contributed by atoms with Crippen molar-refractivity contribution in [3.8, 4) is 0 Å². The third-order valence-corrected chi connectivity index (χ3v) is 4.79. The minimum Gasteiger partial charge on any atom is -0.329 e. The van der Waals surface area contributed by atoms with E-state index in [0.29, 0.717) is 5.02 Å². The van der Waals surface area contributed by atoms with Crippen LogP contribution in [0.5, 0.6) is 0 Å². The van der Waals surface area contributed by atoms with Crippen LogP contribution in [-0.2, 0) is 14.6 Å². The Morgan fingerprint density at radius 2 is 1.77 bits per heavy atom. The number of halogens is 1. The third-order valence-electron chi connectivity index (χ3n) is 2.66. The Morgan fingerprint density at radius 1 is 1.18 bits per heavy atom. The van der Waals surface area contributed by atoms with Crippen LogP contribution in [0.3, 0.4) is 0 Å². The normalized spacial score (nSPS) is 12.0. The first-order valence-electron chi connectivity index (χ1n) is 6.16. The number of sulfone groups is 1. The molecule has 0 atom stereocenters. The van der Waals surface area contributed by atoms with Crippen LogP contribution >= 0.6 is 11.6 Å². The highest BCUT2D eigenvalue weighted by Crippen LogP contribution is 2.22. The first kappa shape index (κ1) is 16.1. The number of allylic oxidation sites excluding steroid dienone is 1. The van der Waals surface area contributed by atoms with E-state index < -0.39 is 15.6 Å². The Labute approximate surface area is 132 Å². The highest BCUT2D eigenvalue weighted by molar-refractivity contribution is 7.96. The molecule has 0 aliphatic rings. The van der Waals surface area contributed by atoms with Crippen molar-refractivity contribution in [3.05, 3.63) is 58.9 Å². The van der Waals surface area contributed by atoms with Crippen molar-refractivity contribution in [3.63, 3.8) is 0 Å². The zero-order chi connectivity index (χ0) is 16.2. The second-order valence-corrected chi connectivity index (χ2v) is 6.59. The van der Waals surface area contributed by atoms with Crippen molar-refractivity contribution >= 4 is 33.2 Å². The number of rotatable bonds is 5. The number of Topliss-reactive ketones (excluding diaryl/α,β-unsaturated/α-hetero) is 1. The first-order valence-corrected chi connectivity index (χ1v) is 8.02. The Balaban J connectivity index is 2.38. The van der Waals surface area contributed by atoms with E-state index in [0.717, 1.165) is 6.20 Å². The van der Waals surface area contributed by atoms with E-state index in [4.69, 9.17) is 11.6 Å². The van der Waals surface area contributed by atoms with Gasteiger partial charge in [-0.05, 0) is 37.3 Å². The number of hydrogen-bond acceptors (Lipinski definition) is 6. The van der Waals surface area contributed by atoms with Crippen molar-refractivity contribution in [2.45, 2.75) is 11.8 Å². The van der Waals surface area contributed by atoms with Crippen molar-refractivity contribution in [2.75, 3.05) is 5.32 Å². The molecule has 1 heterocycles. The van der Waals surface area contributed by atoms with E-state index in [-0.39, 0.29) is 15.7 Å². The van der Waals surface area contributed by atoms with Crippen molar-refractivity contribution in [1.29, 1.82) is 0 Å². The SMILES string of the molecule is CC(=O)/C(=C\Nc1ncccn1)S(=O)(=O)c1ccc(Cl)cc1. The van der Waals surface area contributed by atoms with Gasteiger partial charge in [0.2, 0.25) is 15.8 Å². The van der Waals surface area contributed by atoms with Crippen LogP contribution in [0.2, 0.25) is 5.02 Å². The number of nitrogens with one attached hydrogen (secondary N) is 1. The highest BCUT2D eigenvalue weighted by atomic mass is 35.5. The predicted octanol–water partition coefficient (Wildman–Crippen LogP) is 2.45. The lowest BCUT2D eigenvalue weighted by Crippen LogP contribution is -2.13. The van der Waals surface area contributed by atoms with E-state index in [1.54, 1.807) is 6.07 Å². The fraction of sp³-hybridized carbons (Fsp3) is 0.0714. The predicted molar refractivity (Wildman–Crippen MR) is 83.1 cm³/mol. The standard InChI is InChI=1S/C14H12ClN3O3S/c1-10(19)13(9-18-14-16-7-2-8-17-14)22(20,21)12-5-3-11(15)4-6-12/h2-9H,1H3,(H,16,17,18)/b13-9+. The maximum absolute atomic E-state index is 12.5. The fourth-order valence-corrected chi connectivity index (χ4v) is 3.08. The van der Waals surface area contributed by atoms with Gasteiger partial charge in [-0.15, -0.1) is 0 Å². The molecule has 8 heteroatoms. The third kappa shape index (κ3) is 3.69. The molecule has 1 N–H and O–H groups in total. The maximum atomic E-state index is 12.5. The molecule has 0 saturated heterocycles. The minimum atomic E-state index is -3.95. The van der Waals surface area contributed by atoms with Gasteiger partial charge >= 0.3 is 0 Å². The molecule has 0 fully saturated rings. The van der Waals surface area contributed by atoms with Crippen LogP contribution < -0.4 is 5.32 Å². The average Bonchev–Trinajstić information content (AvgIpc) is 2.48. The molecule has 6 nitrogen and oxygen atoms in total. The molecule has 0 bridgehead atoms. The number of benzene rings is 1. The lowest BCUT2D eigenvalue weighted by atomic mass is 10.4. The molecule has 0 radical (unpaired) electrons. The Hall–Kier alpha value is -2.25. The van der Waals surface area contributed by atoms with Gasteiger partial charge < -0.3 is 5.32 Å². The number of nitrogens with zero attached hydrogens (tertiary/aromatic N) is 2. The zero-order valence-corrected chi connectivity index (χ0v) is 13.1. The molecular formula is C14H12ClN3O3S. The number of carbonyl (C=O) groups is 1. The fourth-order valence-electron chi connectivity index (χ4n) is 1.61. The van der Waals surface area contributed by atoms with Crippen molar-refractivity contribution < 1.29 is 13.2 Å². The van der Waals surface area contributed by atoms with Gasteiger partial charge in [-0.25, -0.2) is 18.4 Å². The molecule has 114 valence electrons. The molecule has 1 aromatic carbocycles. The molecule has 0 aliphatic carbocycles. The second-order valence-electron chi connectivity index (χ2n) is 4.24. The van der Waals surface area contributed by atoms with Gasteiger partial charge in [0.25, 0.3) is 0 Å². The average molecular weight is 338 g/mol. The summed E-state index contributed by atoms with van der Waals surface area (Å²) in [7, 11) is -3.95. The summed E-state index contributed by atoms with van der Waals surface area (Å²) in [5.74, 6) is -0.411. The zero-order valence-electron chi connectivity index (χ0n) is 11.5. The van der Waals surface area contributed by atoms with E-state index in [2.05, 4.69) is 15.3 Å². The Bertz CT molecular complexity index is 803. The first-order chi connectivity index (χ1) is 10.4. The quantitative estimate of drug-likeness (QED) is 0.843. The molecule has 22 heavy (non-hydrogen) atoms. The number of carbonyl (C=O) groups excluding carboxylic acids is 1. The molecular weight excluding hydrogens is 326 g/mol. The molecule has 0 amide bonds. The maximum Gasteiger partial charge on any atom is 0.226 e. The van der Waals surface area contributed by atoms with Crippen LogP contribution in [0.4, 0.5) is 5.95 Å². The largest absolute Gasteiger partial charge is 0.329 e. The number of hydrogen-bond donors (Lipinski definition) is 1. The van der Waals surface area contributed by atoms with Crippen LogP contribution in [0.15, 0.2) is 58.7 Å². The molecule has 0 spiro atoms. The monoisotopic (exact) mass is 337 g/mol. The molecule has 2 aromatic rings. The molecule has 0 aliphatic heterocycles. The number of anilines is 1. The summed E-state index contributed by atoms with van der Waals surface area (Å²) >= 11 is 5.74. The number of aromatic nitrogens is 2. The highest BCUT2D eigenvalue weighted by Gasteiger charge is 2.24. The van der Waals surface area contributed by atoms with Crippen molar-refractivity contribution in [1.82, 2.24) is 9.97 Å². The molecule has 1 aromatic heterocycles. The summed E-state index contributed by atoms with van der Waals surface area (Å²) in [5, 5.41) is 3.01. The van der Waals surface area contributed by atoms with Gasteiger partial charge in [-0.2, -0.15) is 0 Å². The lowest BCUT2D eigenvalue weighted by Gasteiger charge is -2.07. The van der Waals surface area contributed by atoms with Crippen molar-refractivity contribution in [2.24, 2.45) is 0 Å². The van der Waals surface area contributed by atoms with Crippen LogP contribution in [0.1, 0.15) is 6.92 Å².